The third-order valence-corrected chi connectivity index (χ3v) is 2.65. The predicted octanol–water partition coefficient (Wildman–Crippen LogP) is -0.502. The fourth-order valence-corrected chi connectivity index (χ4v) is 1.73. The van der Waals surface area contributed by atoms with Gasteiger partial charge < -0.3 is 15.5 Å². The third-order valence-electron chi connectivity index (χ3n) is 2.65. The Balaban J connectivity index is 2.46. The zero-order valence-corrected chi connectivity index (χ0v) is 8.49. The number of rotatable bonds is 2. The van der Waals surface area contributed by atoms with Crippen LogP contribution in [0, 0.1) is 0 Å². The van der Waals surface area contributed by atoms with E-state index in [4.69, 9.17) is 5.73 Å². The molecule has 0 aromatic carbocycles. The Kier molecular flexibility index (Phi) is 3.69. The van der Waals surface area contributed by atoms with Gasteiger partial charge in [-0.25, -0.2) is 0 Å². The molecule has 1 heterocycles. The highest BCUT2D eigenvalue weighted by Crippen LogP contribution is 2.13. The fourth-order valence-electron chi connectivity index (χ4n) is 1.73. The van der Waals surface area contributed by atoms with Crippen molar-refractivity contribution in [1.82, 2.24) is 9.80 Å². The van der Waals surface area contributed by atoms with Crippen molar-refractivity contribution in [3.8, 4) is 0 Å². The monoisotopic (exact) mass is 185 g/mol. The normalized spacial score (nSPS) is 23.7. The Hall–Kier alpha value is -0.610. The maximum Gasteiger partial charge on any atom is 0.236 e. The summed E-state index contributed by atoms with van der Waals surface area (Å²) in [6.45, 7) is 1.85. The summed E-state index contributed by atoms with van der Waals surface area (Å²) in [5.74, 6) is 0.0755. The minimum absolute atomic E-state index is 0.0755. The van der Waals surface area contributed by atoms with Gasteiger partial charge in [-0.1, -0.05) is 0 Å². The summed E-state index contributed by atoms with van der Waals surface area (Å²) in [7, 11) is 4.11. The summed E-state index contributed by atoms with van der Waals surface area (Å²) in [5, 5.41) is 0. The lowest BCUT2D eigenvalue weighted by molar-refractivity contribution is -0.131. The Morgan fingerprint density at radius 3 is 2.85 bits per heavy atom. The van der Waals surface area contributed by atoms with Crippen molar-refractivity contribution in [2.75, 3.05) is 33.7 Å². The van der Waals surface area contributed by atoms with Crippen LogP contribution < -0.4 is 5.73 Å². The van der Waals surface area contributed by atoms with Crippen LogP contribution in [0.4, 0.5) is 0 Å². The molecule has 2 N–H and O–H groups in total. The number of amides is 1. The van der Waals surface area contributed by atoms with Crippen LogP contribution in [0.1, 0.15) is 12.8 Å². The SMILES string of the molecule is CN(C)[C@@H]1CCCN(C(=O)CN)C1. The molecular weight excluding hydrogens is 166 g/mol. The Morgan fingerprint density at radius 1 is 1.62 bits per heavy atom. The highest BCUT2D eigenvalue weighted by Gasteiger charge is 2.23. The molecule has 4 nitrogen and oxygen atoms in total. The van der Waals surface area contributed by atoms with Gasteiger partial charge in [-0.2, -0.15) is 0 Å². The molecule has 0 aromatic rings. The molecule has 0 radical (unpaired) electrons. The number of likely N-dealkylation sites (tertiary alicyclic amines) is 1. The number of carbonyl (C=O) groups excluding carboxylic acids is 1. The first-order valence-corrected chi connectivity index (χ1v) is 4.79. The molecule has 0 spiro atoms. The minimum Gasteiger partial charge on any atom is -0.340 e. The van der Waals surface area contributed by atoms with Gasteiger partial charge in [0, 0.05) is 19.1 Å². The number of carbonyl (C=O) groups is 1. The van der Waals surface area contributed by atoms with E-state index in [9.17, 15) is 4.79 Å². The Bertz CT molecular complexity index is 182. The average molecular weight is 185 g/mol. The molecule has 0 aliphatic carbocycles. The van der Waals surface area contributed by atoms with Crippen LogP contribution in [0.25, 0.3) is 0 Å². The molecule has 1 saturated heterocycles. The molecule has 13 heavy (non-hydrogen) atoms. The van der Waals surface area contributed by atoms with Crippen molar-refractivity contribution in [3.05, 3.63) is 0 Å². The van der Waals surface area contributed by atoms with E-state index in [0.717, 1.165) is 19.5 Å². The highest BCUT2D eigenvalue weighted by atomic mass is 16.2. The summed E-state index contributed by atoms with van der Waals surface area (Å²) in [5.41, 5.74) is 5.32. The van der Waals surface area contributed by atoms with E-state index < -0.39 is 0 Å². The predicted molar refractivity (Wildman–Crippen MR) is 52.3 cm³/mol. The first-order valence-electron chi connectivity index (χ1n) is 4.79. The molecule has 1 aliphatic heterocycles. The van der Waals surface area contributed by atoms with Crippen molar-refractivity contribution in [2.24, 2.45) is 5.73 Å². The van der Waals surface area contributed by atoms with Crippen LogP contribution >= 0.6 is 0 Å². The van der Waals surface area contributed by atoms with Gasteiger partial charge >= 0.3 is 0 Å². The molecule has 1 rings (SSSR count). The highest BCUT2D eigenvalue weighted by molar-refractivity contribution is 5.78. The number of nitrogens with two attached hydrogens (primary N) is 1. The van der Waals surface area contributed by atoms with Crippen molar-refractivity contribution in [2.45, 2.75) is 18.9 Å². The van der Waals surface area contributed by atoms with Crippen LogP contribution in [-0.4, -0.2) is 55.5 Å². The molecule has 1 aliphatic rings. The number of piperidine rings is 1. The molecule has 76 valence electrons. The Labute approximate surface area is 79.7 Å². The van der Waals surface area contributed by atoms with Gasteiger partial charge in [-0.15, -0.1) is 0 Å². The van der Waals surface area contributed by atoms with Crippen LogP contribution in [0.15, 0.2) is 0 Å². The van der Waals surface area contributed by atoms with Crippen LogP contribution in [0.3, 0.4) is 0 Å². The molecule has 1 fully saturated rings. The summed E-state index contributed by atoms with van der Waals surface area (Å²) < 4.78 is 0. The van der Waals surface area contributed by atoms with Gasteiger partial charge in [0.1, 0.15) is 0 Å². The maximum atomic E-state index is 11.3. The number of hydrogen-bond acceptors (Lipinski definition) is 3. The lowest BCUT2D eigenvalue weighted by Gasteiger charge is -2.35. The van der Waals surface area contributed by atoms with E-state index in [0.29, 0.717) is 6.04 Å². The number of nitrogens with zero attached hydrogens (tertiary/aromatic N) is 2. The van der Waals surface area contributed by atoms with E-state index in [1.165, 1.54) is 6.42 Å². The standard InChI is InChI=1S/C9H19N3O/c1-11(2)8-4-3-5-12(7-8)9(13)6-10/h8H,3-7,10H2,1-2H3/t8-/m1/s1. The first-order chi connectivity index (χ1) is 6.15. The third kappa shape index (κ3) is 2.67. The largest absolute Gasteiger partial charge is 0.340 e. The molecule has 0 saturated carbocycles. The second kappa shape index (κ2) is 4.58. The smallest absolute Gasteiger partial charge is 0.236 e. The summed E-state index contributed by atoms with van der Waals surface area (Å²) >= 11 is 0. The van der Waals surface area contributed by atoms with Gasteiger partial charge in [0.2, 0.25) is 5.91 Å². The number of likely N-dealkylation sites (N-methyl/N-ethyl adjacent to an activating group) is 1. The van der Waals surface area contributed by atoms with Crippen molar-refractivity contribution in [3.63, 3.8) is 0 Å². The topological polar surface area (TPSA) is 49.6 Å². The molecule has 0 unspecified atom stereocenters. The average Bonchev–Trinajstić information content (AvgIpc) is 2.17. The molecular formula is C9H19N3O. The zero-order chi connectivity index (χ0) is 9.84. The van der Waals surface area contributed by atoms with E-state index in [1.807, 2.05) is 4.90 Å². The van der Waals surface area contributed by atoms with Gasteiger partial charge in [-0.3, -0.25) is 4.79 Å². The molecule has 1 amide bonds. The molecule has 1 atom stereocenters. The van der Waals surface area contributed by atoms with E-state index >= 15 is 0 Å². The van der Waals surface area contributed by atoms with Crippen molar-refractivity contribution < 1.29 is 4.79 Å². The summed E-state index contributed by atoms with van der Waals surface area (Å²) in [6.07, 6.45) is 2.27. The van der Waals surface area contributed by atoms with Crippen LogP contribution in [0.5, 0.6) is 0 Å². The van der Waals surface area contributed by atoms with Crippen LogP contribution in [0.2, 0.25) is 0 Å². The van der Waals surface area contributed by atoms with E-state index in [2.05, 4.69) is 19.0 Å². The van der Waals surface area contributed by atoms with Crippen molar-refractivity contribution in [1.29, 1.82) is 0 Å². The van der Waals surface area contributed by atoms with Gasteiger partial charge in [0.15, 0.2) is 0 Å². The minimum atomic E-state index is 0.0755. The van der Waals surface area contributed by atoms with Gasteiger partial charge in [-0.05, 0) is 26.9 Å². The van der Waals surface area contributed by atoms with Gasteiger partial charge in [0.05, 0.1) is 6.54 Å². The lowest BCUT2D eigenvalue weighted by Crippen LogP contribution is -2.49. The Morgan fingerprint density at radius 2 is 2.31 bits per heavy atom. The second-order valence-corrected chi connectivity index (χ2v) is 3.80. The number of hydrogen-bond donors (Lipinski definition) is 1. The second-order valence-electron chi connectivity index (χ2n) is 3.80. The molecule has 0 aromatic heterocycles. The summed E-state index contributed by atoms with van der Waals surface area (Å²) in [6, 6.07) is 0.504. The maximum absolute atomic E-state index is 11.3. The van der Waals surface area contributed by atoms with E-state index in [-0.39, 0.29) is 12.5 Å². The molecule has 0 bridgehead atoms. The zero-order valence-electron chi connectivity index (χ0n) is 8.49. The van der Waals surface area contributed by atoms with Gasteiger partial charge in [0.25, 0.3) is 0 Å². The quantitative estimate of drug-likeness (QED) is 0.631. The first kappa shape index (κ1) is 10.5. The summed E-state index contributed by atoms with van der Waals surface area (Å²) in [4.78, 5) is 15.4. The lowest BCUT2D eigenvalue weighted by atomic mass is 10.1. The van der Waals surface area contributed by atoms with Crippen molar-refractivity contribution >= 4 is 5.91 Å². The van der Waals surface area contributed by atoms with E-state index in [1.54, 1.807) is 0 Å². The fraction of sp³-hybridized carbons (Fsp3) is 0.889. The molecule has 4 heteroatoms. The van der Waals surface area contributed by atoms with Crippen LogP contribution in [-0.2, 0) is 4.79 Å².